The Morgan fingerprint density at radius 2 is 1.85 bits per heavy atom. The molecule has 2 atom stereocenters. The average molecular weight is 625 g/mol. The quantitative estimate of drug-likeness (QED) is 0.326. The predicted molar refractivity (Wildman–Crippen MR) is 169 cm³/mol. The minimum Gasteiger partial charge on any atom is -0.369 e. The normalized spacial score (nSPS) is 19.7. The Morgan fingerprint density at radius 1 is 1.02 bits per heavy atom. The number of amides is 3. The van der Waals surface area contributed by atoms with Crippen molar-refractivity contribution < 1.29 is 18.8 Å². The highest BCUT2D eigenvalue weighted by Gasteiger charge is 2.40. The second-order valence-electron chi connectivity index (χ2n) is 11.9. The molecule has 0 radical (unpaired) electrons. The number of halogens is 1. The number of carbonyl (C=O) groups is 3. The largest absolute Gasteiger partial charge is 0.369 e. The Bertz CT molecular complexity index is 1870. The fourth-order valence-electron chi connectivity index (χ4n) is 6.41. The van der Waals surface area contributed by atoms with E-state index in [-0.39, 0.29) is 25.2 Å². The highest BCUT2D eigenvalue weighted by molar-refractivity contribution is 6.12. The summed E-state index contributed by atoms with van der Waals surface area (Å²) in [6.45, 7) is 3.77. The molecule has 2 fully saturated rings. The summed E-state index contributed by atoms with van der Waals surface area (Å²) in [5.41, 5.74) is 10.6. The summed E-state index contributed by atoms with van der Waals surface area (Å²) >= 11 is 0. The van der Waals surface area contributed by atoms with Gasteiger partial charge in [0.2, 0.25) is 11.8 Å². The second-order valence-corrected chi connectivity index (χ2v) is 11.9. The van der Waals surface area contributed by atoms with Gasteiger partial charge in [0.1, 0.15) is 24.6 Å². The monoisotopic (exact) mass is 624 g/mol. The first-order valence-electron chi connectivity index (χ1n) is 15.2. The molecule has 0 saturated carbocycles. The van der Waals surface area contributed by atoms with Crippen LogP contribution in [0.25, 0.3) is 22.0 Å². The van der Waals surface area contributed by atoms with Crippen molar-refractivity contribution in [2.75, 3.05) is 44.7 Å². The van der Waals surface area contributed by atoms with Crippen LogP contribution < -0.4 is 16.0 Å². The third kappa shape index (κ3) is 5.55. The zero-order valence-corrected chi connectivity index (χ0v) is 25.3. The number of alkyl halides is 1. The van der Waals surface area contributed by atoms with Crippen molar-refractivity contribution in [1.29, 1.82) is 0 Å². The van der Waals surface area contributed by atoms with Gasteiger partial charge < -0.3 is 25.8 Å². The molecule has 3 aliphatic rings. The number of anilines is 1. The number of aromatic nitrogens is 4. The zero-order valence-electron chi connectivity index (χ0n) is 25.3. The molecule has 236 valence electrons. The van der Waals surface area contributed by atoms with E-state index in [9.17, 15) is 18.8 Å². The zero-order chi connectivity index (χ0) is 31.9. The number of benzene rings is 2. The fraction of sp³-hybridized carbons (Fsp3) is 0.344. The lowest BCUT2D eigenvalue weighted by atomic mass is 10.0. The van der Waals surface area contributed by atoms with E-state index in [1.165, 1.54) is 9.58 Å². The molecule has 0 aliphatic carbocycles. The number of primary amides is 1. The Labute approximate surface area is 263 Å². The summed E-state index contributed by atoms with van der Waals surface area (Å²) in [4.78, 5) is 49.8. The SMILES string of the molecule is CN1CCN(c2ccc3c(c2)CN=C3NC(=O)C2CC(F)CN2C(=O)Cn2nc(C(N)=O)c3cc(-c4ccnnc4)ccc32)CC1. The standard InChI is InChI=1S/C32H33FN10O3/c1-40-8-10-41(11-9-40)23-3-4-24-21(12-23)15-35-31(24)38-32(46)27-14-22(33)17-42(27)28(44)18-43-26-5-2-19(20-6-7-36-37-16-20)13-25(26)29(39-43)30(34)45/h2-7,12-13,16,22,27H,8-11,14-15,17-18H2,1H3,(H2,34,45)(H,35,38,46). The molecular formula is C32H33FN10O3. The number of nitrogens with zero attached hydrogens (tertiary/aromatic N) is 8. The van der Waals surface area contributed by atoms with Gasteiger partial charge in [-0.15, -0.1) is 0 Å². The summed E-state index contributed by atoms with van der Waals surface area (Å²) in [6.07, 6.45) is 1.65. The summed E-state index contributed by atoms with van der Waals surface area (Å²) in [5, 5.41) is 15.3. The molecule has 0 spiro atoms. The third-order valence-electron chi connectivity index (χ3n) is 8.92. The van der Waals surface area contributed by atoms with Crippen molar-refractivity contribution in [3.8, 4) is 11.1 Å². The molecule has 5 heterocycles. The number of amidine groups is 1. The van der Waals surface area contributed by atoms with Crippen molar-refractivity contribution in [2.45, 2.75) is 31.7 Å². The van der Waals surface area contributed by atoms with Gasteiger partial charge in [0, 0.05) is 54.8 Å². The minimum absolute atomic E-state index is 0.000519. The first kappa shape index (κ1) is 29.5. The van der Waals surface area contributed by atoms with Crippen LogP contribution in [0.1, 0.15) is 28.0 Å². The van der Waals surface area contributed by atoms with E-state index in [1.54, 1.807) is 30.6 Å². The first-order chi connectivity index (χ1) is 22.2. The molecule has 3 N–H and O–H groups in total. The van der Waals surface area contributed by atoms with E-state index in [1.807, 2.05) is 18.2 Å². The molecule has 46 heavy (non-hydrogen) atoms. The van der Waals surface area contributed by atoms with E-state index in [0.29, 0.717) is 23.3 Å². The molecule has 7 rings (SSSR count). The molecule has 2 unspecified atom stereocenters. The number of carbonyl (C=O) groups excluding carboxylic acids is 3. The molecule has 0 bridgehead atoms. The number of nitrogens with one attached hydrogen (secondary N) is 1. The van der Waals surface area contributed by atoms with Crippen molar-refractivity contribution >= 4 is 40.1 Å². The highest BCUT2D eigenvalue weighted by atomic mass is 19.1. The molecule has 4 aromatic rings. The van der Waals surface area contributed by atoms with Crippen LogP contribution in [0.15, 0.2) is 59.9 Å². The maximum atomic E-state index is 14.7. The lowest BCUT2D eigenvalue weighted by Gasteiger charge is -2.34. The number of hydrogen-bond acceptors (Lipinski definition) is 9. The number of rotatable bonds is 6. The van der Waals surface area contributed by atoms with Gasteiger partial charge in [0.25, 0.3) is 5.91 Å². The van der Waals surface area contributed by atoms with Crippen LogP contribution in [0.3, 0.4) is 0 Å². The molecule has 3 amide bonds. The van der Waals surface area contributed by atoms with Crippen LogP contribution in [0.4, 0.5) is 10.1 Å². The summed E-state index contributed by atoms with van der Waals surface area (Å²) in [6, 6.07) is 12.1. The Morgan fingerprint density at radius 3 is 2.61 bits per heavy atom. The number of hydrogen-bond donors (Lipinski definition) is 2. The summed E-state index contributed by atoms with van der Waals surface area (Å²) in [7, 11) is 2.12. The fourth-order valence-corrected chi connectivity index (χ4v) is 6.41. The van der Waals surface area contributed by atoms with E-state index in [2.05, 4.69) is 48.5 Å². The van der Waals surface area contributed by atoms with Gasteiger partial charge in [-0.05, 0) is 54.6 Å². The van der Waals surface area contributed by atoms with Crippen LogP contribution in [-0.2, 0) is 22.7 Å². The second kappa shape index (κ2) is 11.9. The lowest BCUT2D eigenvalue weighted by Crippen LogP contribution is -2.48. The van der Waals surface area contributed by atoms with E-state index in [4.69, 9.17) is 5.73 Å². The van der Waals surface area contributed by atoms with Crippen LogP contribution in [0, 0.1) is 0 Å². The van der Waals surface area contributed by atoms with Gasteiger partial charge in [0.15, 0.2) is 5.69 Å². The van der Waals surface area contributed by atoms with E-state index < -0.39 is 29.9 Å². The summed E-state index contributed by atoms with van der Waals surface area (Å²) < 4.78 is 16.1. The number of nitrogens with two attached hydrogens (primary N) is 1. The van der Waals surface area contributed by atoms with E-state index >= 15 is 0 Å². The Kier molecular flexibility index (Phi) is 7.64. The Hall–Kier alpha value is -5.24. The number of likely N-dealkylation sites (N-methyl/N-ethyl adjacent to an activating group) is 1. The van der Waals surface area contributed by atoms with Crippen LogP contribution >= 0.6 is 0 Å². The van der Waals surface area contributed by atoms with Gasteiger partial charge in [0.05, 0.1) is 31.0 Å². The Balaban J connectivity index is 1.07. The topological polar surface area (TPSA) is 155 Å². The van der Waals surface area contributed by atoms with Crippen molar-refractivity contribution in [2.24, 2.45) is 10.7 Å². The predicted octanol–water partition coefficient (Wildman–Crippen LogP) is 1.36. The molecule has 2 aromatic heterocycles. The number of aliphatic imine (C=N–C) groups is 1. The minimum atomic E-state index is -1.37. The summed E-state index contributed by atoms with van der Waals surface area (Å²) in [5.74, 6) is -1.34. The van der Waals surface area contributed by atoms with Crippen molar-refractivity contribution in [1.82, 2.24) is 35.1 Å². The molecular weight excluding hydrogens is 591 g/mol. The number of likely N-dealkylation sites (tertiary alicyclic amines) is 1. The van der Waals surface area contributed by atoms with E-state index in [0.717, 1.165) is 54.1 Å². The number of piperazine rings is 1. The molecule has 2 aromatic carbocycles. The van der Waals surface area contributed by atoms with Gasteiger partial charge in [-0.2, -0.15) is 15.3 Å². The van der Waals surface area contributed by atoms with Crippen LogP contribution in [0.2, 0.25) is 0 Å². The van der Waals surface area contributed by atoms with Gasteiger partial charge in [-0.25, -0.2) is 4.39 Å². The smallest absolute Gasteiger partial charge is 0.269 e. The molecule has 14 heteroatoms. The highest BCUT2D eigenvalue weighted by Crippen LogP contribution is 2.29. The molecule has 3 aliphatic heterocycles. The average Bonchev–Trinajstić information content (AvgIpc) is 3.76. The van der Waals surface area contributed by atoms with Gasteiger partial charge in [-0.1, -0.05) is 6.07 Å². The molecule has 2 saturated heterocycles. The van der Waals surface area contributed by atoms with Crippen molar-refractivity contribution in [3.63, 3.8) is 0 Å². The van der Waals surface area contributed by atoms with Gasteiger partial charge in [-0.3, -0.25) is 24.1 Å². The molecule has 13 nitrogen and oxygen atoms in total. The van der Waals surface area contributed by atoms with Crippen LogP contribution in [0.5, 0.6) is 0 Å². The maximum Gasteiger partial charge on any atom is 0.269 e. The van der Waals surface area contributed by atoms with Crippen molar-refractivity contribution in [3.05, 3.63) is 71.7 Å². The number of fused-ring (bicyclic) bond motifs is 2. The lowest BCUT2D eigenvalue weighted by molar-refractivity contribution is -0.138. The first-order valence-corrected chi connectivity index (χ1v) is 15.2. The van der Waals surface area contributed by atoms with Crippen LogP contribution in [-0.4, -0.2) is 105 Å². The maximum absolute atomic E-state index is 14.7. The van der Waals surface area contributed by atoms with Gasteiger partial charge >= 0.3 is 0 Å². The third-order valence-corrected chi connectivity index (χ3v) is 8.92.